The molecule has 0 radical (unpaired) electrons. The largest absolute Gasteiger partial charge is 0.273 e. The van der Waals surface area contributed by atoms with Gasteiger partial charge in [0.25, 0.3) is 5.91 Å². The van der Waals surface area contributed by atoms with Crippen LogP contribution in [0.3, 0.4) is 0 Å². The Labute approximate surface area is 205 Å². The standard InChI is InChI=1S/C26H19Cl2FN2O3/c27-26(28)15-25(26,16-7-3-1-4-8-16)22-20-21(34-31(22)19-9-5-2-6-10-19)24(33)30(23(20)32)18-13-11-17(29)12-14-18/h1-14,20-22H,15H2. The molecule has 6 rings (SSSR count). The van der Waals surface area contributed by atoms with E-state index in [2.05, 4.69) is 0 Å². The van der Waals surface area contributed by atoms with Gasteiger partial charge in [0.15, 0.2) is 6.10 Å². The fourth-order valence-electron chi connectivity index (χ4n) is 5.41. The fourth-order valence-corrected chi connectivity index (χ4v) is 6.27. The Balaban J connectivity index is 1.49. The van der Waals surface area contributed by atoms with E-state index in [9.17, 15) is 14.0 Å². The van der Waals surface area contributed by atoms with Gasteiger partial charge in [0.05, 0.1) is 22.8 Å². The molecule has 0 N–H and O–H groups in total. The van der Waals surface area contributed by atoms with Crippen LogP contribution in [0.4, 0.5) is 15.8 Å². The second kappa shape index (κ2) is 7.54. The molecular formula is C26H19Cl2FN2O3. The number of hydroxylamine groups is 1. The van der Waals surface area contributed by atoms with Gasteiger partial charge < -0.3 is 0 Å². The van der Waals surface area contributed by atoms with Gasteiger partial charge in [0, 0.05) is 0 Å². The number of fused-ring (bicyclic) bond motifs is 1. The second-order valence-corrected chi connectivity index (χ2v) is 10.3. The van der Waals surface area contributed by atoms with E-state index in [0.29, 0.717) is 17.8 Å². The average Bonchev–Trinajstić information content (AvgIpc) is 3.12. The maximum absolute atomic E-state index is 13.8. The van der Waals surface area contributed by atoms with Gasteiger partial charge in [-0.15, -0.1) is 23.2 Å². The molecule has 2 aliphatic heterocycles. The molecule has 3 aliphatic rings. The minimum atomic E-state index is -1.16. The number of anilines is 2. The molecule has 0 spiro atoms. The molecule has 3 aromatic carbocycles. The van der Waals surface area contributed by atoms with E-state index in [1.165, 1.54) is 24.3 Å². The van der Waals surface area contributed by atoms with Crippen LogP contribution in [-0.2, 0) is 19.8 Å². The molecule has 1 saturated carbocycles. The zero-order valence-corrected chi connectivity index (χ0v) is 19.3. The predicted molar refractivity (Wildman–Crippen MR) is 127 cm³/mol. The fraction of sp³-hybridized carbons (Fsp3) is 0.231. The number of benzene rings is 3. The third-order valence-electron chi connectivity index (χ3n) is 7.03. The molecule has 5 nitrogen and oxygen atoms in total. The Hall–Kier alpha value is -2.93. The molecule has 1 aliphatic carbocycles. The quantitative estimate of drug-likeness (QED) is 0.375. The van der Waals surface area contributed by atoms with E-state index in [1.807, 2.05) is 60.7 Å². The average molecular weight is 497 g/mol. The van der Waals surface area contributed by atoms with E-state index >= 15 is 0 Å². The highest BCUT2D eigenvalue weighted by molar-refractivity contribution is 6.52. The van der Waals surface area contributed by atoms with Gasteiger partial charge in [-0.25, -0.2) is 14.4 Å². The normalized spacial score (nSPS) is 29.4. The Morgan fingerprint density at radius 1 is 0.824 bits per heavy atom. The number of para-hydroxylation sites is 1. The molecule has 2 saturated heterocycles. The molecule has 4 unspecified atom stereocenters. The van der Waals surface area contributed by atoms with E-state index in [-0.39, 0.29) is 0 Å². The number of hydrogen-bond donors (Lipinski definition) is 0. The highest BCUT2D eigenvalue weighted by Crippen LogP contribution is 2.70. The monoisotopic (exact) mass is 496 g/mol. The van der Waals surface area contributed by atoms with Gasteiger partial charge >= 0.3 is 0 Å². The summed E-state index contributed by atoms with van der Waals surface area (Å²) in [7, 11) is 0. The van der Waals surface area contributed by atoms with Crippen LogP contribution in [0, 0.1) is 11.7 Å². The molecule has 3 fully saturated rings. The maximum atomic E-state index is 13.8. The van der Waals surface area contributed by atoms with Crippen LogP contribution in [0.25, 0.3) is 0 Å². The van der Waals surface area contributed by atoms with Crippen molar-refractivity contribution in [3.05, 3.63) is 96.3 Å². The molecule has 2 heterocycles. The van der Waals surface area contributed by atoms with E-state index in [0.717, 1.165) is 10.5 Å². The first-order valence-corrected chi connectivity index (χ1v) is 11.7. The maximum Gasteiger partial charge on any atom is 0.266 e. The summed E-state index contributed by atoms with van der Waals surface area (Å²) in [4.78, 5) is 34.5. The lowest BCUT2D eigenvalue weighted by molar-refractivity contribution is -0.126. The van der Waals surface area contributed by atoms with Crippen LogP contribution in [-0.4, -0.2) is 28.3 Å². The third-order valence-corrected chi connectivity index (χ3v) is 7.98. The Kier molecular flexibility index (Phi) is 4.79. The zero-order valence-electron chi connectivity index (χ0n) is 17.8. The molecule has 34 heavy (non-hydrogen) atoms. The van der Waals surface area contributed by atoms with Crippen LogP contribution in [0.2, 0.25) is 0 Å². The second-order valence-electron chi connectivity index (χ2n) is 8.86. The summed E-state index contributed by atoms with van der Waals surface area (Å²) < 4.78 is 12.3. The van der Waals surface area contributed by atoms with E-state index in [1.54, 1.807) is 5.06 Å². The molecular weight excluding hydrogens is 478 g/mol. The topological polar surface area (TPSA) is 49.9 Å². The highest BCUT2D eigenvalue weighted by atomic mass is 35.5. The Morgan fingerprint density at radius 3 is 2.00 bits per heavy atom. The number of carbonyl (C=O) groups excluding carboxylic acids is 2. The molecule has 2 amide bonds. The summed E-state index contributed by atoms with van der Waals surface area (Å²) in [5.74, 6) is -2.22. The van der Waals surface area contributed by atoms with Crippen molar-refractivity contribution in [2.75, 3.05) is 9.96 Å². The summed E-state index contributed by atoms with van der Waals surface area (Å²) in [5.41, 5.74) is 1.02. The number of alkyl halides is 2. The Morgan fingerprint density at radius 2 is 1.41 bits per heavy atom. The van der Waals surface area contributed by atoms with Gasteiger partial charge in [0.2, 0.25) is 5.91 Å². The number of rotatable bonds is 4. The molecule has 4 atom stereocenters. The van der Waals surface area contributed by atoms with Crippen molar-refractivity contribution in [2.24, 2.45) is 5.92 Å². The van der Waals surface area contributed by atoms with Crippen molar-refractivity contribution in [3.8, 4) is 0 Å². The number of hydrogen-bond acceptors (Lipinski definition) is 4. The molecule has 3 aromatic rings. The molecule has 0 bridgehead atoms. The van der Waals surface area contributed by atoms with Gasteiger partial charge in [-0.3, -0.25) is 14.4 Å². The number of nitrogens with zero attached hydrogens (tertiary/aromatic N) is 2. The summed E-state index contributed by atoms with van der Waals surface area (Å²) in [6.45, 7) is 0. The minimum absolute atomic E-state index is 0.298. The summed E-state index contributed by atoms with van der Waals surface area (Å²) in [6.07, 6.45) is -0.654. The van der Waals surface area contributed by atoms with Crippen LogP contribution >= 0.6 is 23.2 Å². The first-order chi connectivity index (χ1) is 16.3. The SMILES string of the molecule is O=C1C2ON(c3ccccc3)C(C3(c4ccccc4)CC3(Cl)Cl)C2C(=O)N1c1ccc(F)cc1. The lowest BCUT2D eigenvalue weighted by atomic mass is 9.79. The lowest BCUT2D eigenvalue weighted by Crippen LogP contribution is -2.49. The van der Waals surface area contributed by atoms with Gasteiger partial charge in [-0.2, -0.15) is 0 Å². The highest BCUT2D eigenvalue weighted by Gasteiger charge is 2.78. The smallest absolute Gasteiger partial charge is 0.266 e. The van der Waals surface area contributed by atoms with Gasteiger partial charge in [-0.1, -0.05) is 48.5 Å². The number of carbonyl (C=O) groups is 2. The summed E-state index contributed by atoms with van der Waals surface area (Å²) in [6, 6.07) is 23.5. The van der Waals surface area contributed by atoms with Gasteiger partial charge in [0.1, 0.15) is 16.1 Å². The van der Waals surface area contributed by atoms with Crippen molar-refractivity contribution in [2.45, 2.75) is 28.3 Å². The molecule has 172 valence electrons. The molecule has 8 heteroatoms. The van der Waals surface area contributed by atoms with Crippen LogP contribution in [0.1, 0.15) is 12.0 Å². The Bertz CT molecular complexity index is 1270. The summed E-state index contributed by atoms with van der Waals surface area (Å²) in [5, 5.41) is 1.63. The van der Waals surface area contributed by atoms with Crippen LogP contribution in [0.15, 0.2) is 84.9 Å². The first kappa shape index (κ1) is 21.6. The van der Waals surface area contributed by atoms with Crippen molar-refractivity contribution in [1.29, 1.82) is 0 Å². The van der Waals surface area contributed by atoms with Crippen molar-refractivity contribution < 1.29 is 18.8 Å². The predicted octanol–water partition coefficient (Wildman–Crippen LogP) is 5.02. The van der Waals surface area contributed by atoms with E-state index < -0.39 is 45.4 Å². The third kappa shape index (κ3) is 2.95. The van der Waals surface area contributed by atoms with Gasteiger partial charge in [-0.05, 0) is 48.4 Å². The molecule has 0 aromatic heterocycles. The minimum Gasteiger partial charge on any atom is -0.273 e. The van der Waals surface area contributed by atoms with Crippen molar-refractivity contribution >= 4 is 46.4 Å². The van der Waals surface area contributed by atoms with Crippen molar-refractivity contribution in [3.63, 3.8) is 0 Å². The zero-order chi connectivity index (χ0) is 23.7. The lowest BCUT2D eigenvalue weighted by Gasteiger charge is -2.35. The van der Waals surface area contributed by atoms with E-state index in [4.69, 9.17) is 28.0 Å². The van der Waals surface area contributed by atoms with Crippen LogP contribution in [0.5, 0.6) is 0 Å². The number of imide groups is 1. The van der Waals surface area contributed by atoms with Crippen LogP contribution < -0.4 is 9.96 Å². The number of amides is 2. The van der Waals surface area contributed by atoms with Crippen molar-refractivity contribution in [1.82, 2.24) is 0 Å². The summed E-state index contributed by atoms with van der Waals surface area (Å²) >= 11 is 13.6. The first-order valence-electron chi connectivity index (χ1n) is 10.9. The number of halogens is 3.